The molecule has 0 bridgehead atoms. The molecule has 0 aromatic rings. The van der Waals surface area contributed by atoms with Crippen LogP contribution in [0.3, 0.4) is 0 Å². The molecule has 1 aliphatic heterocycles. The number of carbonyl (C=O) groups excluding carboxylic acids is 2. The third-order valence-corrected chi connectivity index (χ3v) is 3.06. The highest BCUT2D eigenvalue weighted by Gasteiger charge is 2.24. The molecule has 1 rings (SSSR count). The van der Waals surface area contributed by atoms with Gasteiger partial charge >= 0.3 is 6.09 Å². The molecule has 19 heavy (non-hydrogen) atoms. The smallest absolute Gasteiger partial charge is 0.409 e. The van der Waals surface area contributed by atoms with Crippen LogP contribution in [0.4, 0.5) is 4.79 Å². The van der Waals surface area contributed by atoms with E-state index in [0.717, 1.165) is 12.8 Å². The van der Waals surface area contributed by atoms with Crippen LogP contribution in [0, 0.1) is 0 Å². The van der Waals surface area contributed by atoms with Gasteiger partial charge in [-0.05, 0) is 19.8 Å². The van der Waals surface area contributed by atoms with Crippen molar-refractivity contribution in [2.45, 2.75) is 45.7 Å². The molecule has 0 atom stereocenters. The largest absolute Gasteiger partial charge is 0.450 e. The van der Waals surface area contributed by atoms with E-state index in [2.05, 4.69) is 10.6 Å². The van der Waals surface area contributed by atoms with Crippen LogP contribution in [-0.2, 0) is 9.53 Å². The maximum Gasteiger partial charge on any atom is 0.409 e. The Morgan fingerprint density at radius 3 is 2.47 bits per heavy atom. The van der Waals surface area contributed by atoms with Crippen molar-refractivity contribution in [1.82, 2.24) is 15.5 Å². The van der Waals surface area contributed by atoms with E-state index in [4.69, 9.17) is 4.74 Å². The topological polar surface area (TPSA) is 70.7 Å². The summed E-state index contributed by atoms with van der Waals surface area (Å²) in [6.45, 7) is 7.83. The molecule has 0 saturated carbocycles. The van der Waals surface area contributed by atoms with Gasteiger partial charge in [-0.2, -0.15) is 0 Å². The van der Waals surface area contributed by atoms with Gasteiger partial charge in [0.05, 0.1) is 13.2 Å². The van der Waals surface area contributed by atoms with Crippen molar-refractivity contribution in [2.75, 3.05) is 26.2 Å². The first-order chi connectivity index (χ1) is 9.02. The van der Waals surface area contributed by atoms with E-state index in [0.29, 0.717) is 32.3 Å². The Morgan fingerprint density at radius 2 is 1.95 bits per heavy atom. The first kappa shape index (κ1) is 15.8. The van der Waals surface area contributed by atoms with Crippen molar-refractivity contribution in [2.24, 2.45) is 0 Å². The molecule has 2 N–H and O–H groups in total. The Hall–Kier alpha value is -1.30. The molecule has 0 aliphatic carbocycles. The zero-order valence-corrected chi connectivity index (χ0v) is 12.1. The summed E-state index contributed by atoms with van der Waals surface area (Å²) in [7, 11) is 0. The van der Waals surface area contributed by atoms with Gasteiger partial charge in [0.25, 0.3) is 0 Å². The van der Waals surface area contributed by atoms with Gasteiger partial charge in [-0.3, -0.25) is 4.79 Å². The summed E-state index contributed by atoms with van der Waals surface area (Å²) < 4.78 is 4.95. The fourth-order valence-electron chi connectivity index (χ4n) is 2.00. The molecule has 1 fully saturated rings. The molecule has 6 nitrogen and oxygen atoms in total. The van der Waals surface area contributed by atoms with Gasteiger partial charge < -0.3 is 20.3 Å². The number of hydrogen-bond donors (Lipinski definition) is 2. The molecule has 1 saturated heterocycles. The van der Waals surface area contributed by atoms with Gasteiger partial charge in [0, 0.05) is 25.2 Å². The van der Waals surface area contributed by atoms with Crippen LogP contribution in [0.25, 0.3) is 0 Å². The third kappa shape index (κ3) is 5.92. The van der Waals surface area contributed by atoms with Crippen LogP contribution < -0.4 is 10.6 Å². The van der Waals surface area contributed by atoms with Gasteiger partial charge in [-0.25, -0.2) is 4.79 Å². The summed E-state index contributed by atoms with van der Waals surface area (Å²) >= 11 is 0. The lowest BCUT2D eigenvalue weighted by Crippen LogP contribution is -2.48. The van der Waals surface area contributed by atoms with Gasteiger partial charge in [0.15, 0.2) is 0 Å². The molecule has 110 valence electrons. The minimum absolute atomic E-state index is 0.0169. The minimum Gasteiger partial charge on any atom is -0.450 e. The monoisotopic (exact) mass is 271 g/mol. The predicted octanol–water partition coefficient (Wildman–Crippen LogP) is 0.722. The highest BCUT2D eigenvalue weighted by atomic mass is 16.6. The second kappa shape index (κ2) is 7.99. The van der Waals surface area contributed by atoms with E-state index in [1.165, 1.54) is 0 Å². The van der Waals surface area contributed by atoms with Crippen molar-refractivity contribution in [3.63, 3.8) is 0 Å². The van der Waals surface area contributed by atoms with Crippen molar-refractivity contribution >= 4 is 12.0 Å². The lowest BCUT2D eigenvalue weighted by Gasteiger charge is -2.31. The average molecular weight is 271 g/mol. The highest BCUT2D eigenvalue weighted by Crippen LogP contribution is 2.11. The second-order valence-corrected chi connectivity index (χ2v) is 5.06. The molecule has 0 radical (unpaired) electrons. The first-order valence-corrected chi connectivity index (χ1v) is 6.97. The molecule has 0 spiro atoms. The summed E-state index contributed by atoms with van der Waals surface area (Å²) in [4.78, 5) is 24.9. The van der Waals surface area contributed by atoms with Crippen molar-refractivity contribution in [3.05, 3.63) is 0 Å². The molecule has 0 aromatic carbocycles. The molecular weight excluding hydrogens is 246 g/mol. The fraction of sp³-hybridized carbons (Fsp3) is 0.846. The zero-order valence-electron chi connectivity index (χ0n) is 12.1. The van der Waals surface area contributed by atoms with Crippen LogP contribution >= 0.6 is 0 Å². The summed E-state index contributed by atoms with van der Waals surface area (Å²) in [6.07, 6.45) is 1.31. The molecule has 1 aliphatic rings. The Kier molecular flexibility index (Phi) is 6.62. The first-order valence-electron chi connectivity index (χ1n) is 6.97. The van der Waals surface area contributed by atoms with Crippen LogP contribution in [0.2, 0.25) is 0 Å². The van der Waals surface area contributed by atoms with Gasteiger partial charge in [-0.1, -0.05) is 13.8 Å². The van der Waals surface area contributed by atoms with Gasteiger partial charge in [0.1, 0.15) is 0 Å². The molecule has 6 heteroatoms. The number of hydrogen-bond acceptors (Lipinski definition) is 4. The maximum atomic E-state index is 11.7. The average Bonchev–Trinajstić information content (AvgIpc) is 2.37. The number of nitrogens with zero attached hydrogens (tertiary/aromatic N) is 1. The fourth-order valence-corrected chi connectivity index (χ4v) is 2.00. The van der Waals surface area contributed by atoms with E-state index in [1.807, 2.05) is 13.8 Å². The van der Waals surface area contributed by atoms with Crippen LogP contribution in [0.15, 0.2) is 0 Å². The van der Waals surface area contributed by atoms with Gasteiger partial charge in [-0.15, -0.1) is 0 Å². The molecule has 0 unspecified atom stereocenters. The highest BCUT2D eigenvalue weighted by molar-refractivity contribution is 5.78. The zero-order chi connectivity index (χ0) is 14.3. The SMILES string of the molecule is CCOC(=O)N1CCC(NC(=O)CNC(C)C)CC1. The van der Waals surface area contributed by atoms with Crippen LogP contribution in [-0.4, -0.2) is 55.2 Å². The Bertz CT molecular complexity index is 300. The summed E-state index contributed by atoms with van der Waals surface area (Å²) in [6, 6.07) is 0.462. The molecule has 0 aromatic heterocycles. The summed E-state index contributed by atoms with van der Waals surface area (Å²) in [5.41, 5.74) is 0. The van der Waals surface area contributed by atoms with Crippen molar-refractivity contribution < 1.29 is 14.3 Å². The third-order valence-electron chi connectivity index (χ3n) is 3.06. The van der Waals surface area contributed by atoms with E-state index in [1.54, 1.807) is 11.8 Å². The molecule has 2 amide bonds. The number of rotatable bonds is 5. The molecule has 1 heterocycles. The summed E-state index contributed by atoms with van der Waals surface area (Å²) in [5.74, 6) is 0.0169. The quantitative estimate of drug-likeness (QED) is 0.773. The van der Waals surface area contributed by atoms with Crippen LogP contribution in [0.5, 0.6) is 0 Å². The number of ether oxygens (including phenoxy) is 1. The maximum absolute atomic E-state index is 11.7. The number of amides is 2. The normalized spacial score (nSPS) is 16.5. The van der Waals surface area contributed by atoms with E-state index in [9.17, 15) is 9.59 Å². The minimum atomic E-state index is -0.256. The number of carbonyl (C=O) groups is 2. The van der Waals surface area contributed by atoms with E-state index < -0.39 is 0 Å². The Balaban J connectivity index is 2.22. The lowest BCUT2D eigenvalue weighted by atomic mass is 10.1. The van der Waals surface area contributed by atoms with E-state index in [-0.39, 0.29) is 18.0 Å². The standard InChI is InChI=1S/C13H25N3O3/c1-4-19-13(18)16-7-5-11(6-8-16)15-12(17)9-14-10(2)3/h10-11,14H,4-9H2,1-3H3,(H,15,17). The van der Waals surface area contributed by atoms with Crippen molar-refractivity contribution in [3.8, 4) is 0 Å². The summed E-state index contributed by atoms with van der Waals surface area (Å²) in [5, 5.41) is 6.07. The second-order valence-electron chi connectivity index (χ2n) is 5.06. The Morgan fingerprint density at radius 1 is 1.32 bits per heavy atom. The number of likely N-dealkylation sites (tertiary alicyclic amines) is 1. The Labute approximate surface area is 114 Å². The number of piperidine rings is 1. The van der Waals surface area contributed by atoms with E-state index >= 15 is 0 Å². The number of nitrogens with one attached hydrogen (secondary N) is 2. The van der Waals surface area contributed by atoms with Crippen molar-refractivity contribution in [1.29, 1.82) is 0 Å². The van der Waals surface area contributed by atoms with Gasteiger partial charge in [0.2, 0.25) is 5.91 Å². The molecular formula is C13H25N3O3. The predicted molar refractivity (Wildman–Crippen MR) is 72.9 cm³/mol. The lowest BCUT2D eigenvalue weighted by molar-refractivity contribution is -0.121. The van der Waals surface area contributed by atoms with Crippen LogP contribution in [0.1, 0.15) is 33.6 Å².